The highest BCUT2D eigenvalue weighted by Gasteiger charge is 2.37. The average molecular weight is 310 g/mol. The topological polar surface area (TPSA) is 3.24 Å². The number of hydrogen-bond acceptors (Lipinski definition) is 1. The van der Waals surface area contributed by atoms with Gasteiger partial charge in [-0.05, 0) is 39.9 Å². The van der Waals surface area contributed by atoms with Crippen molar-refractivity contribution in [3.05, 3.63) is 48.0 Å². The summed E-state index contributed by atoms with van der Waals surface area (Å²) in [4.78, 5) is 2.37. The van der Waals surface area contributed by atoms with Gasteiger partial charge in [0, 0.05) is 18.4 Å². The molecule has 22 heavy (non-hydrogen) atoms. The van der Waals surface area contributed by atoms with Gasteiger partial charge < -0.3 is 4.90 Å². The lowest BCUT2D eigenvalue weighted by atomic mass is 9.82. The second kappa shape index (κ2) is 4.99. The quantitative estimate of drug-likeness (QED) is 0.749. The maximum atomic E-state index is 2.50. The van der Waals surface area contributed by atoms with Crippen LogP contribution < -0.4 is 15.3 Å². The van der Waals surface area contributed by atoms with Crippen LogP contribution in [-0.4, -0.2) is 15.1 Å². The van der Waals surface area contributed by atoms with Gasteiger partial charge >= 0.3 is 0 Å². The molecule has 0 atom stereocenters. The minimum absolute atomic E-state index is 0.245. The Hall–Kier alpha value is -1.54. The van der Waals surface area contributed by atoms with Gasteiger partial charge in [-0.25, -0.2) is 0 Å². The molecule has 2 heteroatoms. The van der Waals surface area contributed by atoms with Crippen LogP contribution in [0.3, 0.4) is 0 Å². The highest BCUT2D eigenvalue weighted by Crippen LogP contribution is 2.33. The van der Waals surface area contributed by atoms with Crippen molar-refractivity contribution in [1.29, 1.82) is 0 Å². The summed E-state index contributed by atoms with van der Waals surface area (Å²) in [5.74, 6) is 0. The first-order valence-corrected chi connectivity index (χ1v) is 11.3. The third-order valence-electron chi connectivity index (χ3n) is 5.64. The third-order valence-corrected chi connectivity index (χ3v) is 9.15. The summed E-state index contributed by atoms with van der Waals surface area (Å²) in [5.41, 5.74) is 4.50. The number of fused-ring (bicyclic) bond motifs is 2. The standard InChI is InChI=1S/C20H27NSi/c1-7-20(2,3)15-12-13-17-19(14-15)22(5,6)18-11-9-8-10-16(18)21(17)4/h8-14H,7H2,1-6H3. The molecular weight excluding hydrogens is 282 g/mol. The predicted octanol–water partition coefficient (Wildman–Crippen LogP) is 4.28. The maximum Gasteiger partial charge on any atom is 0.117 e. The number of nitrogens with zero attached hydrogens (tertiary/aromatic N) is 1. The minimum Gasteiger partial charge on any atom is -0.345 e. The van der Waals surface area contributed by atoms with Crippen LogP contribution in [0.2, 0.25) is 13.1 Å². The van der Waals surface area contributed by atoms with Crippen LogP contribution in [0.25, 0.3) is 0 Å². The molecule has 0 aromatic heterocycles. The molecule has 2 aromatic rings. The largest absolute Gasteiger partial charge is 0.345 e. The van der Waals surface area contributed by atoms with Crippen molar-refractivity contribution in [3.8, 4) is 0 Å². The summed E-state index contributed by atoms with van der Waals surface area (Å²) in [5, 5.41) is 3.13. The van der Waals surface area contributed by atoms with E-state index >= 15 is 0 Å². The van der Waals surface area contributed by atoms with Gasteiger partial charge in [-0.15, -0.1) is 0 Å². The maximum absolute atomic E-state index is 2.50. The molecule has 0 saturated heterocycles. The summed E-state index contributed by atoms with van der Waals surface area (Å²) in [6.45, 7) is 12.0. The first-order chi connectivity index (χ1) is 10.3. The molecule has 116 valence electrons. The van der Waals surface area contributed by atoms with Gasteiger partial charge in [-0.1, -0.05) is 64.2 Å². The van der Waals surface area contributed by atoms with E-state index in [2.05, 4.69) is 88.3 Å². The highest BCUT2D eigenvalue weighted by molar-refractivity contribution is 7.02. The number of anilines is 2. The van der Waals surface area contributed by atoms with E-state index in [0.29, 0.717) is 0 Å². The lowest BCUT2D eigenvalue weighted by molar-refractivity contribution is 0.506. The van der Waals surface area contributed by atoms with Gasteiger partial charge in [-0.2, -0.15) is 0 Å². The Morgan fingerprint density at radius 3 is 2.27 bits per heavy atom. The number of benzene rings is 2. The van der Waals surface area contributed by atoms with Gasteiger partial charge in [-0.3, -0.25) is 0 Å². The molecule has 1 aliphatic rings. The lowest BCUT2D eigenvalue weighted by Gasteiger charge is -2.40. The van der Waals surface area contributed by atoms with Crippen LogP contribution in [0, 0.1) is 0 Å². The van der Waals surface area contributed by atoms with E-state index in [-0.39, 0.29) is 5.41 Å². The second-order valence-electron chi connectivity index (χ2n) is 7.67. The monoisotopic (exact) mass is 309 g/mol. The zero-order valence-corrected chi connectivity index (χ0v) is 15.7. The van der Waals surface area contributed by atoms with E-state index in [1.165, 1.54) is 23.4 Å². The van der Waals surface area contributed by atoms with Crippen molar-refractivity contribution in [2.45, 2.75) is 45.7 Å². The first-order valence-electron chi connectivity index (χ1n) is 8.27. The smallest absolute Gasteiger partial charge is 0.117 e. The van der Waals surface area contributed by atoms with Crippen molar-refractivity contribution >= 4 is 29.8 Å². The molecular formula is C20H27NSi. The predicted molar refractivity (Wildman–Crippen MR) is 101 cm³/mol. The summed E-state index contributed by atoms with van der Waals surface area (Å²) in [7, 11) is 0.562. The molecule has 2 aromatic carbocycles. The van der Waals surface area contributed by atoms with Gasteiger partial charge in [0.2, 0.25) is 0 Å². The van der Waals surface area contributed by atoms with Crippen LogP contribution in [0.5, 0.6) is 0 Å². The Kier molecular flexibility index (Phi) is 3.48. The fourth-order valence-corrected chi connectivity index (χ4v) is 6.63. The number of hydrogen-bond donors (Lipinski definition) is 0. The normalized spacial score (nSPS) is 16.2. The molecule has 0 saturated carbocycles. The van der Waals surface area contributed by atoms with E-state index in [1.807, 2.05) is 0 Å². The summed E-state index contributed by atoms with van der Waals surface area (Å²) in [6.07, 6.45) is 1.17. The molecule has 0 amide bonds. The van der Waals surface area contributed by atoms with Crippen molar-refractivity contribution in [2.75, 3.05) is 11.9 Å². The summed E-state index contributed by atoms with van der Waals surface area (Å²) in [6, 6.07) is 16.1. The Labute approximate surface area is 136 Å². The molecule has 0 bridgehead atoms. The summed E-state index contributed by atoms with van der Waals surface area (Å²) < 4.78 is 0. The average Bonchev–Trinajstić information content (AvgIpc) is 2.52. The number of para-hydroxylation sites is 1. The van der Waals surface area contributed by atoms with E-state index in [0.717, 1.165) is 0 Å². The minimum atomic E-state index is -1.64. The van der Waals surface area contributed by atoms with Crippen LogP contribution in [0.1, 0.15) is 32.8 Å². The zero-order chi connectivity index (χ0) is 16.1. The Bertz CT molecular complexity index is 715. The first kappa shape index (κ1) is 15.4. The fraction of sp³-hybridized carbons (Fsp3) is 0.400. The molecule has 1 heterocycles. The van der Waals surface area contributed by atoms with Gasteiger partial charge in [0.1, 0.15) is 8.07 Å². The molecule has 3 rings (SSSR count). The number of rotatable bonds is 2. The molecule has 1 nitrogen and oxygen atoms in total. The third kappa shape index (κ3) is 2.12. The molecule has 0 aliphatic carbocycles. The van der Waals surface area contributed by atoms with Crippen molar-refractivity contribution < 1.29 is 0 Å². The Morgan fingerprint density at radius 1 is 0.955 bits per heavy atom. The van der Waals surface area contributed by atoms with E-state index < -0.39 is 8.07 Å². The van der Waals surface area contributed by atoms with Gasteiger partial charge in [0.15, 0.2) is 0 Å². The van der Waals surface area contributed by atoms with Crippen molar-refractivity contribution in [1.82, 2.24) is 0 Å². The molecule has 0 radical (unpaired) electrons. The zero-order valence-electron chi connectivity index (χ0n) is 14.7. The van der Waals surface area contributed by atoms with Crippen LogP contribution >= 0.6 is 0 Å². The van der Waals surface area contributed by atoms with Crippen molar-refractivity contribution in [2.24, 2.45) is 0 Å². The molecule has 1 aliphatic heterocycles. The van der Waals surface area contributed by atoms with E-state index in [9.17, 15) is 0 Å². The second-order valence-corrected chi connectivity index (χ2v) is 12.0. The van der Waals surface area contributed by atoms with Crippen LogP contribution in [-0.2, 0) is 5.41 Å². The highest BCUT2D eigenvalue weighted by atomic mass is 28.3. The summed E-state index contributed by atoms with van der Waals surface area (Å²) >= 11 is 0. The molecule has 0 fully saturated rings. The fourth-order valence-electron chi connectivity index (χ4n) is 3.52. The molecule has 0 spiro atoms. The van der Waals surface area contributed by atoms with Crippen molar-refractivity contribution in [3.63, 3.8) is 0 Å². The lowest BCUT2D eigenvalue weighted by Crippen LogP contribution is -2.58. The van der Waals surface area contributed by atoms with Gasteiger partial charge in [0.25, 0.3) is 0 Å². The molecule has 0 unspecified atom stereocenters. The molecule has 0 N–H and O–H groups in total. The van der Waals surface area contributed by atoms with E-state index in [4.69, 9.17) is 0 Å². The Balaban J connectivity index is 2.23. The van der Waals surface area contributed by atoms with Crippen LogP contribution in [0.4, 0.5) is 11.4 Å². The SMILES string of the molecule is CCC(C)(C)c1ccc2c(c1)[Si](C)(C)c1ccccc1N2C. The van der Waals surface area contributed by atoms with Crippen LogP contribution in [0.15, 0.2) is 42.5 Å². The Morgan fingerprint density at radius 2 is 1.59 bits per heavy atom. The van der Waals surface area contributed by atoms with Gasteiger partial charge in [0.05, 0.1) is 0 Å². The van der Waals surface area contributed by atoms with E-state index in [1.54, 1.807) is 10.4 Å².